The Hall–Kier alpha value is -4.17. The van der Waals surface area contributed by atoms with Crippen molar-refractivity contribution in [2.75, 3.05) is 24.3 Å². The first-order valence-electron chi connectivity index (χ1n) is 13.8. The molecule has 1 aromatic heterocycles. The summed E-state index contributed by atoms with van der Waals surface area (Å²) in [7, 11) is 1.30. The van der Waals surface area contributed by atoms with Crippen LogP contribution >= 0.6 is 11.6 Å². The van der Waals surface area contributed by atoms with E-state index in [0.29, 0.717) is 42.2 Å². The summed E-state index contributed by atoms with van der Waals surface area (Å²) in [5, 5.41) is 6.35. The number of ether oxygens (including phenoxy) is 1. The molecule has 0 saturated carbocycles. The Labute approximate surface area is 244 Å². The number of hydrogen-bond acceptors (Lipinski definition) is 5. The van der Waals surface area contributed by atoms with Crippen LogP contribution in [0.15, 0.2) is 60.8 Å². The second kappa shape index (κ2) is 12.1. The molecule has 3 heterocycles. The Morgan fingerprint density at radius 1 is 1.10 bits per heavy atom. The van der Waals surface area contributed by atoms with Crippen LogP contribution in [-0.4, -0.2) is 41.4 Å². The van der Waals surface area contributed by atoms with Crippen LogP contribution < -0.4 is 10.6 Å². The molecule has 9 heteroatoms. The number of fused-ring (bicyclic) bond motifs is 4. The summed E-state index contributed by atoms with van der Waals surface area (Å²) in [5.41, 5.74) is 6.57. The number of nitrogens with zero attached hydrogens (tertiary/aromatic N) is 2. The van der Waals surface area contributed by atoms with Gasteiger partial charge in [0, 0.05) is 41.0 Å². The van der Waals surface area contributed by atoms with Crippen molar-refractivity contribution in [2.45, 2.75) is 45.6 Å². The third-order valence-electron chi connectivity index (χ3n) is 7.83. The Morgan fingerprint density at radius 2 is 1.93 bits per heavy atom. The largest absolute Gasteiger partial charge is 0.453 e. The third-order valence-corrected chi connectivity index (χ3v) is 8.06. The Bertz CT molecular complexity index is 1540. The van der Waals surface area contributed by atoms with E-state index in [1.165, 1.54) is 7.11 Å². The number of carbonyl (C=O) groups excluding carboxylic acids is 3. The lowest BCUT2D eigenvalue weighted by molar-refractivity contribution is -0.129. The molecular weight excluding hydrogens is 540 g/mol. The van der Waals surface area contributed by atoms with Gasteiger partial charge >= 0.3 is 6.09 Å². The summed E-state index contributed by atoms with van der Waals surface area (Å²) in [6, 6.07) is 14.7. The first-order chi connectivity index (χ1) is 19.7. The summed E-state index contributed by atoms with van der Waals surface area (Å²) in [6.45, 7) is 4.48. The summed E-state index contributed by atoms with van der Waals surface area (Å²) in [5.74, 6) is -0.410. The summed E-state index contributed by atoms with van der Waals surface area (Å²) in [4.78, 5) is 45.1. The minimum Gasteiger partial charge on any atom is -0.453 e. The van der Waals surface area contributed by atoms with E-state index in [4.69, 9.17) is 21.3 Å². The van der Waals surface area contributed by atoms with Gasteiger partial charge in [-0.3, -0.25) is 19.9 Å². The predicted octanol–water partition coefficient (Wildman–Crippen LogP) is 7.00. The molecule has 5 rings (SSSR count). The van der Waals surface area contributed by atoms with Gasteiger partial charge in [0.15, 0.2) is 0 Å². The van der Waals surface area contributed by atoms with Crippen molar-refractivity contribution < 1.29 is 19.1 Å². The van der Waals surface area contributed by atoms with E-state index in [2.05, 4.69) is 10.6 Å². The molecule has 212 valence electrons. The second-order valence-electron chi connectivity index (χ2n) is 10.6. The van der Waals surface area contributed by atoms with E-state index in [0.717, 1.165) is 39.9 Å². The maximum Gasteiger partial charge on any atom is 0.411 e. The molecule has 2 bridgehead atoms. The number of methoxy groups -OCH3 is 1. The van der Waals surface area contributed by atoms with Crippen molar-refractivity contribution in [1.29, 1.82) is 0 Å². The standard InChI is InChI=1S/C32H33ClN4O4/c1-19-7-8-23(33)17-26(19)22-12-14-37(30(38)16-22)29-6-4-5-20(2)31(39)36-27-18-24(35-32(40)41-3)9-10-25(27)21-11-13-34-28(29)15-21/h7-11,13,15-18,20,29H,4-6,12,14H2,1-3H3,(H,35,40)(H,36,39)/t20-,29+/m1/s1. The number of nitrogens with one attached hydrogen (secondary N) is 2. The Morgan fingerprint density at radius 3 is 2.71 bits per heavy atom. The lowest BCUT2D eigenvalue weighted by Gasteiger charge is -2.35. The number of aryl methyl sites for hydroxylation is 1. The van der Waals surface area contributed by atoms with E-state index in [-0.39, 0.29) is 23.8 Å². The average molecular weight is 573 g/mol. The zero-order valence-corrected chi connectivity index (χ0v) is 24.1. The molecule has 2 aliphatic heterocycles. The van der Waals surface area contributed by atoms with Crippen LogP contribution in [-0.2, 0) is 14.3 Å². The molecule has 0 saturated heterocycles. The van der Waals surface area contributed by atoms with E-state index >= 15 is 0 Å². The maximum absolute atomic E-state index is 13.6. The molecule has 0 radical (unpaired) electrons. The number of rotatable bonds is 3. The van der Waals surface area contributed by atoms with Crippen molar-refractivity contribution in [3.05, 3.63) is 82.6 Å². The van der Waals surface area contributed by atoms with Crippen LogP contribution in [0.4, 0.5) is 16.2 Å². The SMILES string of the molecule is COC(=O)Nc1ccc2c(c1)NC(=O)[C@H](C)CCC[C@H](N1CCC(c3cc(Cl)ccc3C)=CC1=O)c1cc-2ccn1. The van der Waals surface area contributed by atoms with Crippen LogP contribution in [0.2, 0.25) is 5.02 Å². The van der Waals surface area contributed by atoms with Gasteiger partial charge in [-0.15, -0.1) is 0 Å². The molecule has 2 atom stereocenters. The van der Waals surface area contributed by atoms with Gasteiger partial charge in [0.2, 0.25) is 11.8 Å². The molecule has 0 fully saturated rings. The van der Waals surface area contributed by atoms with Gasteiger partial charge in [-0.1, -0.05) is 37.1 Å². The van der Waals surface area contributed by atoms with E-state index in [1.54, 1.807) is 24.4 Å². The molecule has 3 amide bonds. The molecule has 0 unspecified atom stereocenters. The number of pyridine rings is 1. The van der Waals surface area contributed by atoms with E-state index in [1.807, 2.05) is 55.1 Å². The lowest BCUT2D eigenvalue weighted by Crippen LogP contribution is -2.38. The third kappa shape index (κ3) is 6.28. The monoisotopic (exact) mass is 572 g/mol. The molecule has 8 nitrogen and oxygen atoms in total. The molecular formula is C32H33ClN4O4. The minimum absolute atomic E-state index is 0.0559. The molecule has 0 aliphatic carbocycles. The normalized spacial score (nSPS) is 19.2. The fraction of sp³-hybridized carbons (Fsp3) is 0.312. The molecule has 2 aliphatic rings. The highest BCUT2D eigenvalue weighted by atomic mass is 35.5. The van der Waals surface area contributed by atoms with Crippen LogP contribution in [0, 0.1) is 12.8 Å². The Kier molecular flexibility index (Phi) is 8.40. The van der Waals surface area contributed by atoms with Crippen LogP contribution in [0.3, 0.4) is 0 Å². The number of amides is 3. The second-order valence-corrected chi connectivity index (χ2v) is 11.0. The number of aromatic nitrogens is 1. The predicted molar refractivity (Wildman–Crippen MR) is 161 cm³/mol. The fourth-order valence-electron chi connectivity index (χ4n) is 5.53. The van der Waals surface area contributed by atoms with Crippen LogP contribution in [0.1, 0.15) is 55.5 Å². The van der Waals surface area contributed by atoms with E-state index < -0.39 is 6.09 Å². The number of anilines is 2. The van der Waals surface area contributed by atoms with Gasteiger partial charge in [-0.05, 0) is 84.8 Å². The number of halogens is 1. The van der Waals surface area contributed by atoms with Gasteiger partial charge in [0.1, 0.15) is 0 Å². The van der Waals surface area contributed by atoms with Gasteiger partial charge in [-0.25, -0.2) is 4.79 Å². The molecule has 2 aromatic carbocycles. The van der Waals surface area contributed by atoms with Crippen molar-refractivity contribution in [2.24, 2.45) is 5.92 Å². The molecule has 41 heavy (non-hydrogen) atoms. The first kappa shape index (κ1) is 28.4. The van der Waals surface area contributed by atoms with Crippen molar-refractivity contribution in [3.8, 4) is 11.1 Å². The summed E-state index contributed by atoms with van der Waals surface area (Å²) in [6.07, 6.45) is 5.67. The fourth-order valence-corrected chi connectivity index (χ4v) is 5.70. The van der Waals surface area contributed by atoms with Crippen molar-refractivity contribution in [1.82, 2.24) is 9.88 Å². The molecule has 3 aromatic rings. The number of carbonyl (C=O) groups is 3. The first-order valence-corrected chi connectivity index (χ1v) is 14.1. The van der Waals surface area contributed by atoms with Crippen molar-refractivity contribution in [3.63, 3.8) is 0 Å². The van der Waals surface area contributed by atoms with Gasteiger partial charge in [0.05, 0.1) is 24.5 Å². The van der Waals surface area contributed by atoms with Gasteiger partial charge in [-0.2, -0.15) is 0 Å². The van der Waals surface area contributed by atoms with Crippen molar-refractivity contribution >= 4 is 46.5 Å². The highest BCUT2D eigenvalue weighted by Crippen LogP contribution is 2.37. The van der Waals surface area contributed by atoms with Crippen LogP contribution in [0.5, 0.6) is 0 Å². The Balaban J connectivity index is 1.51. The average Bonchev–Trinajstić information content (AvgIpc) is 2.96. The number of benzene rings is 2. The number of hydrogen-bond donors (Lipinski definition) is 2. The highest BCUT2D eigenvalue weighted by Gasteiger charge is 2.30. The topological polar surface area (TPSA) is 101 Å². The summed E-state index contributed by atoms with van der Waals surface area (Å²) >= 11 is 6.26. The van der Waals surface area contributed by atoms with Gasteiger partial charge < -0.3 is 15.0 Å². The summed E-state index contributed by atoms with van der Waals surface area (Å²) < 4.78 is 4.72. The zero-order valence-electron chi connectivity index (χ0n) is 23.4. The van der Waals surface area contributed by atoms with Crippen LogP contribution in [0.25, 0.3) is 16.7 Å². The minimum atomic E-state index is -0.597. The molecule has 2 N–H and O–H groups in total. The quantitative estimate of drug-likeness (QED) is 0.352. The van der Waals surface area contributed by atoms with E-state index in [9.17, 15) is 14.4 Å². The highest BCUT2D eigenvalue weighted by molar-refractivity contribution is 6.30. The van der Waals surface area contributed by atoms with Gasteiger partial charge in [0.25, 0.3) is 0 Å². The maximum atomic E-state index is 13.6. The zero-order chi connectivity index (χ0) is 29.1. The molecule has 0 spiro atoms. The lowest BCUT2D eigenvalue weighted by atomic mass is 9.92. The smallest absolute Gasteiger partial charge is 0.411 e.